The molecule has 0 aliphatic rings. The number of fused-ring (bicyclic) bond motifs is 1. The quantitative estimate of drug-likeness (QED) is 0.626. The first kappa shape index (κ1) is 10.7. The van der Waals surface area contributed by atoms with Gasteiger partial charge in [-0.05, 0) is 36.4 Å². The highest BCUT2D eigenvalue weighted by Gasteiger charge is 2.10. The molecule has 3 rings (SSSR count). The predicted octanol–water partition coefficient (Wildman–Crippen LogP) is 3.58. The van der Waals surface area contributed by atoms with Gasteiger partial charge in [0.05, 0.1) is 11.2 Å². The minimum absolute atomic E-state index is 0.301. The van der Waals surface area contributed by atoms with Crippen molar-refractivity contribution in [2.24, 2.45) is 0 Å². The van der Waals surface area contributed by atoms with Crippen LogP contribution < -0.4 is 0 Å². The van der Waals surface area contributed by atoms with Crippen LogP contribution in [0.4, 0.5) is 4.39 Å². The molecule has 0 atom stereocenters. The van der Waals surface area contributed by atoms with E-state index < -0.39 is 0 Å². The van der Waals surface area contributed by atoms with E-state index in [9.17, 15) is 9.18 Å². The molecule has 0 N–H and O–H groups in total. The number of nitrogens with zero attached hydrogens (tertiary/aromatic N) is 1. The molecule has 3 heteroatoms. The van der Waals surface area contributed by atoms with E-state index in [2.05, 4.69) is 0 Å². The number of benzene rings is 2. The summed E-state index contributed by atoms with van der Waals surface area (Å²) in [6.45, 7) is 0. The molecule has 88 valence electrons. The first-order valence-corrected chi connectivity index (χ1v) is 5.61. The number of carbonyl (C=O) groups excluding carboxylic acids is 1. The minimum atomic E-state index is -0.301. The third-order valence-corrected chi connectivity index (χ3v) is 2.93. The molecule has 2 aromatic carbocycles. The summed E-state index contributed by atoms with van der Waals surface area (Å²) >= 11 is 0. The second-order valence-electron chi connectivity index (χ2n) is 4.06. The fourth-order valence-corrected chi connectivity index (χ4v) is 2.16. The molecule has 0 saturated heterocycles. The lowest BCUT2D eigenvalue weighted by Crippen LogP contribution is -1.98. The number of hydrogen-bond acceptors (Lipinski definition) is 1. The SMILES string of the molecule is O=Cc1cc2cc(F)ccc2n1-c1ccccc1. The zero-order valence-corrected chi connectivity index (χ0v) is 9.51. The highest BCUT2D eigenvalue weighted by molar-refractivity contribution is 5.90. The number of halogens is 1. The smallest absolute Gasteiger partial charge is 0.166 e. The van der Waals surface area contributed by atoms with Crippen LogP contribution in [0.2, 0.25) is 0 Å². The maximum Gasteiger partial charge on any atom is 0.166 e. The molecule has 0 unspecified atom stereocenters. The zero-order chi connectivity index (χ0) is 12.5. The second-order valence-corrected chi connectivity index (χ2v) is 4.06. The van der Waals surface area contributed by atoms with Gasteiger partial charge in [-0.2, -0.15) is 0 Å². The summed E-state index contributed by atoms with van der Waals surface area (Å²) in [6.07, 6.45) is 0.783. The lowest BCUT2D eigenvalue weighted by molar-refractivity contribution is 0.111. The maximum atomic E-state index is 13.2. The van der Waals surface area contributed by atoms with Crippen LogP contribution in [-0.4, -0.2) is 10.9 Å². The monoisotopic (exact) mass is 239 g/mol. The fraction of sp³-hybridized carbons (Fsp3) is 0. The van der Waals surface area contributed by atoms with Gasteiger partial charge in [0, 0.05) is 11.1 Å². The van der Waals surface area contributed by atoms with Crippen molar-refractivity contribution in [3.63, 3.8) is 0 Å². The molecule has 2 nitrogen and oxygen atoms in total. The van der Waals surface area contributed by atoms with Gasteiger partial charge in [-0.1, -0.05) is 18.2 Å². The van der Waals surface area contributed by atoms with E-state index >= 15 is 0 Å². The van der Waals surface area contributed by atoms with Gasteiger partial charge in [0.1, 0.15) is 5.82 Å². The van der Waals surface area contributed by atoms with Crippen LogP contribution in [0, 0.1) is 5.82 Å². The largest absolute Gasteiger partial charge is 0.307 e. The van der Waals surface area contributed by atoms with Crippen molar-refractivity contribution in [1.82, 2.24) is 4.57 Å². The Morgan fingerprint density at radius 2 is 1.78 bits per heavy atom. The van der Waals surface area contributed by atoms with Crippen LogP contribution in [0.1, 0.15) is 10.5 Å². The van der Waals surface area contributed by atoms with Crippen molar-refractivity contribution < 1.29 is 9.18 Å². The Labute approximate surface area is 103 Å². The summed E-state index contributed by atoms with van der Waals surface area (Å²) in [7, 11) is 0. The normalized spacial score (nSPS) is 10.7. The number of para-hydroxylation sites is 1. The lowest BCUT2D eigenvalue weighted by Gasteiger charge is -2.07. The van der Waals surface area contributed by atoms with Crippen LogP contribution in [0.5, 0.6) is 0 Å². The Kier molecular flexibility index (Phi) is 2.45. The number of hydrogen-bond donors (Lipinski definition) is 0. The summed E-state index contributed by atoms with van der Waals surface area (Å²) in [5.41, 5.74) is 2.23. The third-order valence-electron chi connectivity index (χ3n) is 2.93. The van der Waals surface area contributed by atoms with Crippen molar-refractivity contribution >= 4 is 17.2 Å². The molecule has 0 aliphatic heterocycles. The molecule has 0 bridgehead atoms. The average molecular weight is 239 g/mol. The Morgan fingerprint density at radius 1 is 1.00 bits per heavy atom. The standard InChI is InChI=1S/C15H10FNO/c16-12-6-7-15-11(8-12)9-14(10-18)17(15)13-4-2-1-3-5-13/h1-10H. The molecule has 0 spiro atoms. The zero-order valence-electron chi connectivity index (χ0n) is 9.51. The predicted molar refractivity (Wildman–Crippen MR) is 68.6 cm³/mol. The van der Waals surface area contributed by atoms with Gasteiger partial charge in [0.2, 0.25) is 0 Å². The molecule has 0 saturated carbocycles. The summed E-state index contributed by atoms with van der Waals surface area (Å²) in [6, 6.07) is 15.8. The molecule has 1 aromatic heterocycles. The van der Waals surface area contributed by atoms with E-state index in [1.165, 1.54) is 12.1 Å². The molecular formula is C15H10FNO. The second kappa shape index (κ2) is 4.11. The average Bonchev–Trinajstić information content (AvgIpc) is 2.77. The van der Waals surface area contributed by atoms with E-state index in [4.69, 9.17) is 0 Å². The molecule has 0 radical (unpaired) electrons. The fourth-order valence-electron chi connectivity index (χ4n) is 2.16. The van der Waals surface area contributed by atoms with E-state index in [0.717, 1.165) is 22.9 Å². The molecule has 0 fully saturated rings. The van der Waals surface area contributed by atoms with Crippen molar-refractivity contribution in [1.29, 1.82) is 0 Å². The van der Waals surface area contributed by atoms with Crippen molar-refractivity contribution in [3.05, 3.63) is 66.1 Å². The van der Waals surface area contributed by atoms with Crippen molar-refractivity contribution in [3.8, 4) is 5.69 Å². The van der Waals surface area contributed by atoms with Crippen molar-refractivity contribution in [2.45, 2.75) is 0 Å². The van der Waals surface area contributed by atoms with Gasteiger partial charge in [-0.3, -0.25) is 4.79 Å². The van der Waals surface area contributed by atoms with E-state index in [1.54, 1.807) is 12.1 Å². The van der Waals surface area contributed by atoms with Crippen LogP contribution in [0.25, 0.3) is 16.6 Å². The van der Waals surface area contributed by atoms with E-state index in [0.29, 0.717) is 5.69 Å². The van der Waals surface area contributed by atoms with Crippen LogP contribution in [0.15, 0.2) is 54.6 Å². The summed E-state index contributed by atoms with van der Waals surface area (Å²) in [5.74, 6) is -0.301. The first-order chi connectivity index (χ1) is 8.79. The summed E-state index contributed by atoms with van der Waals surface area (Å²) < 4.78 is 15.0. The van der Waals surface area contributed by atoms with Gasteiger partial charge in [0.25, 0.3) is 0 Å². The minimum Gasteiger partial charge on any atom is -0.307 e. The number of aromatic nitrogens is 1. The van der Waals surface area contributed by atoms with Crippen LogP contribution >= 0.6 is 0 Å². The van der Waals surface area contributed by atoms with Crippen LogP contribution in [-0.2, 0) is 0 Å². The molecule has 3 aromatic rings. The number of aldehydes is 1. The number of rotatable bonds is 2. The van der Waals surface area contributed by atoms with Crippen LogP contribution in [0.3, 0.4) is 0 Å². The Bertz CT molecular complexity index is 716. The van der Waals surface area contributed by atoms with Gasteiger partial charge in [-0.15, -0.1) is 0 Å². The number of carbonyl (C=O) groups is 1. The summed E-state index contributed by atoms with van der Waals surface area (Å²) in [4.78, 5) is 11.1. The van der Waals surface area contributed by atoms with Crippen molar-refractivity contribution in [2.75, 3.05) is 0 Å². The Hall–Kier alpha value is -2.42. The molecule has 1 heterocycles. The molecular weight excluding hydrogens is 229 g/mol. The highest BCUT2D eigenvalue weighted by atomic mass is 19.1. The molecule has 0 amide bonds. The molecule has 18 heavy (non-hydrogen) atoms. The van der Waals surface area contributed by atoms with Gasteiger partial charge >= 0.3 is 0 Å². The Balaban J connectivity index is 2.36. The van der Waals surface area contributed by atoms with E-state index in [1.807, 2.05) is 34.9 Å². The third kappa shape index (κ3) is 1.61. The highest BCUT2D eigenvalue weighted by Crippen LogP contribution is 2.24. The lowest BCUT2D eigenvalue weighted by atomic mass is 10.2. The first-order valence-electron chi connectivity index (χ1n) is 5.61. The topological polar surface area (TPSA) is 22.0 Å². The summed E-state index contributed by atoms with van der Waals surface area (Å²) in [5, 5.41) is 0.723. The van der Waals surface area contributed by atoms with Gasteiger partial charge < -0.3 is 4.57 Å². The maximum absolute atomic E-state index is 13.2. The molecule has 0 aliphatic carbocycles. The van der Waals surface area contributed by atoms with Gasteiger partial charge in [0.15, 0.2) is 6.29 Å². The van der Waals surface area contributed by atoms with E-state index in [-0.39, 0.29) is 5.82 Å². The van der Waals surface area contributed by atoms with Gasteiger partial charge in [-0.25, -0.2) is 4.39 Å². The Morgan fingerprint density at radius 3 is 2.50 bits per heavy atom.